The summed E-state index contributed by atoms with van der Waals surface area (Å²) in [5.74, 6) is 1.50. The lowest BCUT2D eigenvalue weighted by Gasteiger charge is -2.17. The Hall–Kier alpha value is -1.02. The molecular formula is C15H25NO. The maximum Gasteiger partial charge on any atom is 0.122 e. The smallest absolute Gasteiger partial charge is 0.122 e. The van der Waals surface area contributed by atoms with Gasteiger partial charge in [-0.2, -0.15) is 0 Å². The molecule has 0 aliphatic rings. The normalized spacial score (nSPS) is 14.4. The van der Waals surface area contributed by atoms with Crippen molar-refractivity contribution in [3.8, 4) is 5.75 Å². The molecule has 96 valence electrons. The third kappa shape index (κ3) is 4.04. The van der Waals surface area contributed by atoms with Gasteiger partial charge in [0, 0.05) is 6.04 Å². The number of ether oxygens (including phenoxy) is 1. The van der Waals surface area contributed by atoms with Crippen LogP contribution in [0.1, 0.15) is 50.7 Å². The van der Waals surface area contributed by atoms with Gasteiger partial charge in [0.05, 0.1) is 7.11 Å². The number of hydrogen-bond acceptors (Lipinski definition) is 2. The first-order chi connectivity index (χ1) is 8.08. The standard InChI is InChI=1S/C15H25NO/c1-5-13-8-9-15(17-4)14(10-13)11(2)6-7-12(3)16/h8-12H,5-7,16H2,1-4H3. The van der Waals surface area contributed by atoms with Crippen LogP contribution in [0.3, 0.4) is 0 Å². The highest BCUT2D eigenvalue weighted by atomic mass is 16.5. The molecule has 0 saturated heterocycles. The number of hydrogen-bond donors (Lipinski definition) is 1. The number of aryl methyl sites for hydroxylation is 1. The van der Waals surface area contributed by atoms with Gasteiger partial charge in [-0.25, -0.2) is 0 Å². The fourth-order valence-electron chi connectivity index (χ4n) is 2.06. The van der Waals surface area contributed by atoms with E-state index in [0.29, 0.717) is 5.92 Å². The zero-order valence-electron chi connectivity index (χ0n) is 11.5. The lowest BCUT2D eigenvalue weighted by molar-refractivity contribution is 0.403. The van der Waals surface area contributed by atoms with Gasteiger partial charge in [0.1, 0.15) is 5.75 Å². The van der Waals surface area contributed by atoms with Gasteiger partial charge in [0.25, 0.3) is 0 Å². The summed E-state index contributed by atoms with van der Waals surface area (Å²) in [7, 11) is 1.74. The topological polar surface area (TPSA) is 35.2 Å². The van der Waals surface area contributed by atoms with Crippen LogP contribution in [0.5, 0.6) is 5.75 Å². The van der Waals surface area contributed by atoms with Crippen molar-refractivity contribution >= 4 is 0 Å². The van der Waals surface area contributed by atoms with E-state index in [0.717, 1.165) is 25.0 Å². The predicted octanol–water partition coefficient (Wildman–Crippen LogP) is 3.49. The maximum absolute atomic E-state index is 5.81. The molecular weight excluding hydrogens is 210 g/mol. The highest BCUT2D eigenvalue weighted by Crippen LogP contribution is 2.30. The molecule has 1 aromatic rings. The molecule has 2 N–H and O–H groups in total. The number of methoxy groups -OCH3 is 1. The molecule has 0 aliphatic heterocycles. The van der Waals surface area contributed by atoms with Gasteiger partial charge in [-0.05, 0) is 49.3 Å². The molecule has 2 unspecified atom stereocenters. The quantitative estimate of drug-likeness (QED) is 0.819. The Morgan fingerprint density at radius 2 is 1.94 bits per heavy atom. The van der Waals surface area contributed by atoms with Crippen molar-refractivity contribution in [2.45, 2.75) is 52.0 Å². The van der Waals surface area contributed by atoms with Crippen LogP contribution in [-0.2, 0) is 6.42 Å². The Morgan fingerprint density at radius 1 is 1.24 bits per heavy atom. The summed E-state index contributed by atoms with van der Waals surface area (Å²) in [6, 6.07) is 6.76. The van der Waals surface area contributed by atoms with E-state index in [1.165, 1.54) is 11.1 Å². The Morgan fingerprint density at radius 3 is 2.47 bits per heavy atom. The molecule has 17 heavy (non-hydrogen) atoms. The molecule has 0 saturated carbocycles. The monoisotopic (exact) mass is 235 g/mol. The summed E-state index contributed by atoms with van der Waals surface area (Å²) in [6.07, 6.45) is 3.23. The van der Waals surface area contributed by atoms with E-state index in [1.54, 1.807) is 7.11 Å². The van der Waals surface area contributed by atoms with Gasteiger partial charge in [-0.1, -0.05) is 26.0 Å². The van der Waals surface area contributed by atoms with Crippen LogP contribution in [-0.4, -0.2) is 13.2 Å². The average molecular weight is 235 g/mol. The lowest BCUT2D eigenvalue weighted by atomic mass is 9.92. The number of nitrogens with two attached hydrogens (primary N) is 1. The van der Waals surface area contributed by atoms with Gasteiger partial charge in [-0.3, -0.25) is 0 Å². The summed E-state index contributed by atoms with van der Waals surface area (Å²) in [6.45, 7) is 6.49. The van der Waals surface area contributed by atoms with E-state index in [4.69, 9.17) is 10.5 Å². The van der Waals surface area contributed by atoms with E-state index in [-0.39, 0.29) is 6.04 Å². The summed E-state index contributed by atoms with van der Waals surface area (Å²) in [5.41, 5.74) is 8.50. The van der Waals surface area contributed by atoms with Crippen molar-refractivity contribution in [1.82, 2.24) is 0 Å². The predicted molar refractivity (Wildman–Crippen MR) is 73.7 cm³/mol. The molecule has 2 heteroatoms. The second-order valence-corrected chi connectivity index (χ2v) is 4.89. The molecule has 1 rings (SSSR count). The zero-order valence-corrected chi connectivity index (χ0v) is 11.5. The Kier molecular flexibility index (Phi) is 5.49. The molecule has 0 aromatic heterocycles. The highest BCUT2D eigenvalue weighted by Gasteiger charge is 2.12. The van der Waals surface area contributed by atoms with E-state index in [9.17, 15) is 0 Å². The van der Waals surface area contributed by atoms with Gasteiger partial charge in [-0.15, -0.1) is 0 Å². The molecule has 0 spiro atoms. The highest BCUT2D eigenvalue weighted by molar-refractivity contribution is 5.39. The summed E-state index contributed by atoms with van der Waals surface area (Å²) in [4.78, 5) is 0. The van der Waals surface area contributed by atoms with Crippen molar-refractivity contribution in [3.63, 3.8) is 0 Å². The molecule has 0 aliphatic carbocycles. The molecule has 0 fully saturated rings. The lowest BCUT2D eigenvalue weighted by Crippen LogP contribution is -2.15. The van der Waals surface area contributed by atoms with Crippen molar-refractivity contribution in [1.29, 1.82) is 0 Å². The molecule has 0 radical (unpaired) electrons. The molecule has 0 heterocycles. The first kappa shape index (κ1) is 14.0. The third-order valence-electron chi connectivity index (χ3n) is 3.29. The third-order valence-corrected chi connectivity index (χ3v) is 3.29. The average Bonchev–Trinajstić information content (AvgIpc) is 2.34. The molecule has 1 aromatic carbocycles. The van der Waals surface area contributed by atoms with Crippen molar-refractivity contribution in [3.05, 3.63) is 29.3 Å². The van der Waals surface area contributed by atoms with Crippen LogP contribution in [0.2, 0.25) is 0 Å². The number of rotatable bonds is 6. The van der Waals surface area contributed by atoms with Gasteiger partial charge in [0.15, 0.2) is 0 Å². The van der Waals surface area contributed by atoms with E-state index in [1.807, 2.05) is 0 Å². The fraction of sp³-hybridized carbons (Fsp3) is 0.600. The minimum Gasteiger partial charge on any atom is -0.496 e. The van der Waals surface area contributed by atoms with Crippen molar-refractivity contribution < 1.29 is 4.74 Å². The first-order valence-electron chi connectivity index (χ1n) is 6.50. The van der Waals surface area contributed by atoms with Gasteiger partial charge < -0.3 is 10.5 Å². The van der Waals surface area contributed by atoms with Crippen LogP contribution >= 0.6 is 0 Å². The minimum absolute atomic E-state index is 0.276. The van der Waals surface area contributed by atoms with Crippen LogP contribution in [0.15, 0.2) is 18.2 Å². The molecule has 0 bridgehead atoms. The zero-order chi connectivity index (χ0) is 12.8. The second kappa shape index (κ2) is 6.65. The fourth-order valence-corrected chi connectivity index (χ4v) is 2.06. The first-order valence-corrected chi connectivity index (χ1v) is 6.50. The van der Waals surface area contributed by atoms with Crippen LogP contribution in [0.4, 0.5) is 0 Å². The number of benzene rings is 1. The minimum atomic E-state index is 0.276. The van der Waals surface area contributed by atoms with E-state index >= 15 is 0 Å². The second-order valence-electron chi connectivity index (χ2n) is 4.89. The summed E-state index contributed by atoms with van der Waals surface area (Å²) < 4.78 is 5.44. The van der Waals surface area contributed by atoms with Crippen LogP contribution < -0.4 is 10.5 Å². The van der Waals surface area contributed by atoms with E-state index in [2.05, 4.69) is 39.0 Å². The van der Waals surface area contributed by atoms with Crippen molar-refractivity contribution in [2.24, 2.45) is 5.73 Å². The molecule has 2 atom stereocenters. The van der Waals surface area contributed by atoms with Gasteiger partial charge >= 0.3 is 0 Å². The Bertz CT molecular complexity index is 347. The Labute approximate surface area is 105 Å². The van der Waals surface area contributed by atoms with Crippen molar-refractivity contribution in [2.75, 3.05) is 7.11 Å². The SMILES string of the molecule is CCc1ccc(OC)c(C(C)CCC(C)N)c1. The Balaban J connectivity index is 2.85. The summed E-state index contributed by atoms with van der Waals surface area (Å²) >= 11 is 0. The summed E-state index contributed by atoms with van der Waals surface area (Å²) in [5, 5.41) is 0. The molecule has 0 amide bonds. The molecule has 2 nitrogen and oxygen atoms in total. The van der Waals surface area contributed by atoms with Crippen LogP contribution in [0.25, 0.3) is 0 Å². The van der Waals surface area contributed by atoms with Gasteiger partial charge in [0.2, 0.25) is 0 Å². The maximum atomic E-state index is 5.81. The van der Waals surface area contributed by atoms with E-state index < -0.39 is 0 Å². The van der Waals surface area contributed by atoms with Crippen LogP contribution in [0, 0.1) is 0 Å². The largest absolute Gasteiger partial charge is 0.496 e.